The Balaban J connectivity index is 1.45. The Morgan fingerprint density at radius 3 is 2.42 bits per heavy atom. The molecule has 1 atom stereocenters. The van der Waals surface area contributed by atoms with Crippen LogP contribution >= 0.6 is 0 Å². The van der Waals surface area contributed by atoms with Gasteiger partial charge in [-0.2, -0.15) is 4.31 Å². The third-order valence-corrected chi connectivity index (χ3v) is 7.62. The van der Waals surface area contributed by atoms with E-state index < -0.39 is 34.4 Å². The van der Waals surface area contributed by atoms with Gasteiger partial charge in [-0.25, -0.2) is 12.8 Å². The largest absolute Gasteiger partial charge is 0.477 e. The maximum atomic E-state index is 13.2. The van der Waals surface area contributed by atoms with Crippen LogP contribution in [0.25, 0.3) is 0 Å². The number of carbonyl (C=O) groups is 2. The minimum atomic E-state index is -4.03. The van der Waals surface area contributed by atoms with Crippen LogP contribution in [0.1, 0.15) is 5.56 Å². The van der Waals surface area contributed by atoms with E-state index in [2.05, 4.69) is 5.32 Å². The molecule has 0 saturated carbocycles. The normalized spacial score (nSPS) is 15.2. The zero-order valence-corrected chi connectivity index (χ0v) is 20.4. The van der Waals surface area contributed by atoms with Crippen molar-refractivity contribution in [2.45, 2.75) is 17.4 Å². The van der Waals surface area contributed by atoms with E-state index >= 15 is 0 Å². The quantitative estimate of drug-likeness (QED) is 0.502. The van der Waals surface area contributed by atoms with Crippen molar-refractivity contribution in [2.75, 3.05) is 31.6 Å². The van der Waals surface area contributed by atoms with E-state index in [1.54, 1.807) is 24.3 Å². The van der Waals surface area contributed by atoms with Crippen molar-refractivity contribution in [3.63, 3.8) is 0 Å². The molecule has 0 bridgehead atoms. The monoisotopic (exact) mass is 511 g/mol. The number of amides is 2. The molecular weight excluding hydrogens is 485 g/mol. The van der Waals surface area contributed by atoms with Crippen molar-refractivity contribution in [2.24, 2.45) is 0 Å². The summed E-state index contributed by atoms with van der Waals surface area (Å²) in [7, 11) is -2.75. The highest BCUT2D eigenvalue weighted by Gasteiger charge is 2.35. The number of para-hydroxylation sites is 2. The van der Waals surface area contributed by atoms with Crippen molar-refractivity contribution >= 4 is 27.5 Å². The lowest BCUT2D eigenvalue weighted by Gasteiger charge is -2.35. The average Bonchev–Trinajstić information content (AvgIpc) is 2.88. The van der Waals surface area contributed by atoms with Crippen LogP contribution in [0, 0.1) is 5.82 Å². The maximum Gasteiger partial charge on any atom is 0.262 e. The van der Waals surface area contributed by atoms with Gasteiger partial charge >= 0.3 is 0 Å². The number of ether oxygens (including phenoxy) is 1. The molecule has 0 radical (unpaired) electrons. The number of hydrogen-bond donors (Lipinski definition) is 1. The number of likely N-dealkylation sites (N-methyl/N-ethyl adjacent to an activating group) is 1. The van der Waals surface area contributed by atoms with E-state index in [0.717, 1.165) is 34.1 Å². The predicted octanol–water partition coefficient (Wildman–Crippen LogP) is 2.60. The zero-order valence-electron chi connectivity index (χ0n) is 19.6. The maximum absolute atomic E-state index is 13.2. The second-order valence-electron chi connectivity index (χ2n) is 8.32. The molecule has 1 N–H and O–H groups in total. The van der Waals surface area contributed by atoms with E-state index in [0.29, 0.717) is 24.4 Å². The Kier molecular flexibility index (Phi) is 7.66. The summed E-state index contributed by atoms with van der Waals surface area (Å²) in [5.41, 5.74) is 1.53. The Morgan fingerprint density at radius 2 is 1.69 bits per heavy atom. The number of nitrogens with one attached hydrogen (secondary N) is 1. The van der Waals surface area contributed by atoms with Crippen molar-refractivity contribution in [1.29, 1.82) is 0 Å². The molecule has 1 aliphatic rings. The molecule has 1 heterocycles. The fourth-order valence-electron chi connectivity index (χ4n) is 3.84. The standard InChI is InChI=1S/C26H26FN3O5S/c1-29(36(33,34)21-13-11-20(27)12-14-21)18-25(31)30-17-24(35-23-10-6-5-9-22(23)30)26(32)28-16-15-19-7-3-2-4-8-19/h2-14,24H,15-18H2,1H3,(H,28,32). The number of nitrogens with zero attached hydrogens (tertiary/aromatic N) is 2. The summed E-state index contributed by atoms with van der Waals surface area (Å²) in [6, 6.07) is 20.9. The first-order chi connectivity index (χ1) is 17.3. The zero-order chi connectivity index (χ0) is 25.7. The molecule has 0 aliphatic carbocycles. The molecule has 2 amide bonds. The highest BCUT2D eigenvalue weighted by atomic mass is 32.2. The van der Waals surface area contributed by atoms with Gasteiger partial charge in [0.15, 0.2) is 6.10 Å². The van der Waals surface area contributed by atoms with E-state index in [-0.39, 0.29) is 17.3 Å². The van der Waals surface area contributed by atoms with Gasteiger partial charge in [-0.15, -0.1) is 0 Å². The first-order valence-electron chi connectivity index (χ1n) is 11.4. The highest BCUT2D eigenvalue weighted by Crippen LogP contribution is 2.33. The molecule has 1 unspecified atom stereocenters. The van der Waals surface area contributed by atoms with E-state index in [1.807, 2.05) is 30.3 Å². The first kappa shape index (κ1) is 25.3. The van der Waals surface area contributed by atoms with Crippen molar-refractivity contribution in [3.05, 3.63) is 90.2 Å². The third-order valence-electron chi connectivity index (χ3n) is 5.80. The lowest BCUT2D eigenvalue weighted by molar-refractivity contribution is -0.128. The van der Waals surface area contributed by atoms with Gasteiger partial charge in [0.05, 0.1) is 23.7 Å². The third kappa shape index (κ3) is 5.72. The van der Waals surface area contributed by atoms with Gasteiger partial charge in [0.1, 0.15) is 11.6 Å². The Bertz CT molecular complexity index is 1330. The molecule has 10 heteroatoms. The number of carbonyl (C=O) groups excluding carboxylic acids is 2. The van der Waals surface area contributed by atoms with Gasteiger partial charge in [-0.3, -0.25) is 9.59 Å². The Hall–Kier alpha value is -3.76. The number of benzene rings is 3. The van der Waals surface area contributed by atoms with Crippen LogP contribution in [0.5, 0.6) is 5.75 Å². The van der Waals surface area contributed by atoms with Crippen LogP contribution in [0.3, 0.4) is 0 Å². The fourth-order valence-corrected chi connectivity index (χ4v) is 4.96. The SMILES string of the molecule is CN(CC(=O)N1CC(C(=O)NCCc2ccccc2)Oc2ccccc21)S(=O)(=O)c1ccc(F)cc1. The topological polar surface area (TPSA) is 96.0 Å². The van der Waals surface area contributed by atoms with Gasteiger partial charge in [-0.05, 0) is 48.4 Å². The van der Waals surface area contributed by atoms with Crippen molar-refractivity contribution < 1.29 is 27.1 Å². The van der Waals surface area contributed by atoms with Crippen molar-refractivity contribution in [3.8, 4) is 5.75 Å². The number of anilines is 1. The molecular formula is C26H26FN3O5S. The van der Waals surface area contributed by atoms with Gasteiger partial charge < -0.3 is 15.0 Å². The molecule has 1 aliphatic heterocycles. The van der Waals surface area contributed by atoms with Crippen LogP contribution < -0.4 is 15.0 Å². The van der Waals surface area contributed by atoms with Crippen molar-refractivity contribution in [1.82, 2.24) is 9.62 Å². The molecule has 3 aromatic rings. The molecule has 0 aromatic heterocycles. The molecule has 8 nitrogen and oxygen atoms in total. The lowest BCUT2D eigenvalue weighted by Crippen LogP contribution is -2.52. The number of halogens is 1. The second-order valence-corrected chi connectivity index (χ2v) is 10.4. The van der Waals surface area contributed by atoms with E-state index in [9.17, 15) is 22.4 Å². The summed E-state index contributed by atoms with van der Waals surface area (Å²) in [6.45, 7) is -0.148. The average molecular weight is 512 g/mol. The Morgan fingerprint density at radius 1 is 1.03 bits per heavy atom. The first-order valence-corrected chi connectivity index (χ1v) is 12.8. The summed E-state index contributed by atoms with van der Waals surface area (Å²) >= 11 is 0. The van der Waals surface area contributed by atoms with Crippen LogP contribution in [0.4, 0.5) is 10.1 Å². The molecule has 0 saturated heterocycles. The molecule has 0 fully saturated rings. The molecule has 36 heavy (non-hydrogen) atoms. The van der Waals surface area contributed by atoms with Gasteiger partial charge in [0.2, 0.25) is 15.9 Å². The minimum Gasteiger partial charge on any atom is -0.477 e. The van der Waals surface area contributed by atoms with Crippen LogP contribution in [-0.4, -0.2) is 57.3 Å². The number of hydrogen-bond acceptors (Lipinski definition) is 5. The number of sulfonamides is 1. The minimum absolute atomic E-state index is 0.0720. The summed E-state index contributed by atoms with van der Waals surface area (Å²) in [5, 5.41) is 2.84. The number of rotatable bonds is 8. The lowest BCUT2D eigenvalue weighted by atomic mass is 10.1. The Labute approximate surface area is 209 Å². The summed E-state index contributed by atoms with van der Waals surface area (Å²) in [6.07, 6.45) is -0.316. The smallest absolute Gasteiger partial charge is 0.262 e. The van der Waals surface area contributed by atoms with Crippen LogP contribution in [0.15, 0.2) is 83.8 Å². The molecule has 188 valence electrons. The molecule has 3 aromatic carbocycles. The van der Waals surface area contributed by atoms with E-state index in [4.69, 9.17) is 4.74 Å². The molecule has 4 rings (SSSR count). The van der Waals surface area contributed by atoms with Crippen LogP contribution in [0.2, 0.25) is 0 Å². The van der Waals surface area contributed by atoms with Crippen LogP contribution in [-0.2, 0) is 26.0 Å². The van der Waals surface area contributed by atoms with Gasteiger partial charge in [-0.1, -0.05) is 42.5 Å². The van der Waals surface area contributed by atoms with Gasteiger partial charge in [0, 0.05) is 13.6 Å². The van der Waals surface area contributed by atoms with Gasteiger partial charge in [0.25, 0.3) is 5.91 Å². The predicted molar refractivity (Wildman–Crippen MR) is 133 cm³/mol. The second kappa shape index (κ2) is 10.9. The number of fused-ring (bicyclic) bond motifs is 1. The highest BCUT2D eigenvalue weighted by molar-refractivity contribution is 7.89. The summed E-state index contributed by atoms with van der Waals surface area (Å²) in [4.78, 5) is 27.3. The molecule has 0 spiro atoms. The summed E-state index contributed by atoms with van der Waals surface area (Å²) < 4.78 is 45.7. The fraction of sp³-hybridized carbons (Fsp3) is 0.231. The van der Waals surface area contributed by atoms with E-state index in [1.165, 1.54) is 11.9 Å². The summed E-state index contributed by atoms with van der Waals surface area (Å²) in [5.74, 6) is -1.11.